The monoisotopic (exact) mass is 310 g/mol. The zero-order valence-corrected chi connectivity index (χ0v) is 14.6. The van der Waals surface area contributed by atoms with E-state index in [0.717, 1.165) is 6.42 Å². The lowest BCUT2D eigenvalue weighted by Crippen LogP contribution is -2.46. The molecule has 1 fully saturated rings. The van der Waals surface area contributed by atoms with Gasteiger partial charge in [0.05, 0.1) is 17.7 Å². The van der Waals surface area contributed by atoms with Crippen LogP contribution in [0.3, 0.4) is 0 Å². The maximum Gasteiger partial charge on any atom is 0.244 e. The molecule has 1 N–H and O–H groups in total. The fourth-order valence-electron chi connectivity index (χ4n) is 2.59. The highest BCUT2D eigenvalue weighted by Gasteiger charge is 2.48. The smallest absolute Gasteiger partial charge is 0.244 e. The van der Waals surface area contributed by atoms with E-state index < -0.39 is 5.54 Å². The first kappa shape index (κ1) is 16.5. The fourth-order valence-corrected chi connectivity index (χ4v) is 3.53. The van der Waals surface area contributed by atoms with E-state index in [1.54, 1.807) is 18.4 Å². The molecule has 1 aliphatic heterocycles. The number of nitrogens with zero attached hydrogens (tertiary/aromatic N) is 1. The molecule has 118 valence electrons. The second kappa shape index (κ2) is 5.71. The Morgan fingerprint density at radius 2 is 2.14 bits per heavy atom. The molecule has 4 nitrogen and oxygen atoms in total. The molecule has 1 amide bonds. The van der Waals surface area contributed by atoms with Gasteiger partial charge in [-0.05, 0) is 46.2 Å². The second-order valence-electron chi connectivity index (χ2n) is 6.58. The van der Waals surface area contributed by atoms with Crippen LogP contribution in [-0.2, 0) is 9.53 Å². The summed E-state index contributed by atoms with van der Waals surface area (Å²) in [4.78, 5) is 17.2. The van der Waals surface area contributed by atoms with Crippen molar-refractivity contribution in [3.05, 3.63) is 21.9 Å². The molecule has 0 spiro atoms. The molecule has 0 aliphatic carbocycles. The molecule has 1 saturated heterocycles. The number of thiophene rings is 1. The third kappa shape index (κ3) is 3.15. The normalized spacial score (nSPS) is 26.7. The van der Waals surface area contributed by atoms with E-state index in [9.17, 15) is 4.79 Å². The van der Waals surface area contributed by atoms with Crippen molar-refractivity contribution in [2.75, 3.05) is 13.7 Å². The summed E-state index contributed by atoms with van der Waals surface area (Å²) < 4.78 is 5.52. The summed E-state index contributed by atoms with van der Waals surface area (Å²) in [6.45, 7) is 10.7. The van der Waals surface area contributed by atoms with E-state index in [2.05, 4.69) is 24.4 Å². The highest BCUT2D eigenvalue weighted by atomic mass is 32.1. The van der Waals surface area contributed by atoms with E-state index in [1.165, 1.54) is 9.75 Å². The molecule has 2 heterocycles. The minimum Gasteiger partial charge on any atom is -0.377 e. The average Bonchev–Trinajstić information content (AvgIpc) is 2.96. The van der Waals surface area contributed by atoms with Gasteiger partial charge in [0.2, 0.25) is 5.91 Å². The van der Waals surface area contributed by atoms with Crippen LogP contribution in [0.1, 0.15) is 50.0 Å². The Morgan fingerprint density at radius 1 is 1.48 bits per heavy atom. The highest BCUT2D eigenvalue weighted by molar-refractivity contribution is 7.12. The molecule has 1 aromatic rings. The van der Waals surface area contributed by atoms with E-state index in [1.807, 2.05) is 32.6 Å². The molecule has 21 heavy (non-hydrogen) atoms. The first-order chi connectivity index (χ1) is 9.72. The van der Waals surface area contributed by atoms with Gasteiger partial charge in [0.25, 0.3) is 0 Å². The summed E-state index contributed by atoms with van der Waals surface area (Å²) in [6.07, 6.45) is 0.715. The maximum absolute atomic E-state index is 12.9. The van der Waals surface area contributed by atoms with Crippen LogP contribution in [0.15, 0.2) is 12.1 Å². The molecule has 1 aromatic heterocycles. The Labute approximate surface area is 131 Å². The summed E-state index contributed by atoms with van der Waals surface area (Å²) in [5.41, 5.74) is -0.854. The quantitative estimate of drug-likeness (QED) is 0.909. The molecule has 0 aromatic carbocycles. The topological polar surface area (TPSA) is 41.6 Å². The fraction of sp³-hybridized carbons (Fsp3) is 0.688. The van der Waals surface area contributed by atoms with Crippen LogP contribution < -0.4 is 5.32 Å². The maximum atomic E-state index is 12.9. The predicted molar refractivity (Wildman–Crippen MR) is 86.4 cm³/mol. The lowest BCUT2D eigenvalue weighted by atomic mass is 9.99. The number of carbonyl (C=O) groups is 1. The van der Waals surface area contributed by atoms with Gasteiger partial charge in [0, 0.05) is 16.9 Å². The van der Waals surface area contributed by atoms with Crippen LogP contribution in [0, 0.1) is 6.92 Å². The van der Waals surface area contributed by atoms with Gasteiger partial charge in [-0.25, -0.2) is 0 Å². The number of hydrogen-bond acceptors (Lipinski definition) is 4. The number of amides is 1. The first-order valence-corrected chi connectivity index (χ1v) is 8.24. The Hall–Kier alpha value is -0.910. The lowest BCUT2D eigenvalue weighted by Gasteiger charge is -2.32. The molecular weight excluding hydrogens is 284 g/mol. The van der Waals surface area contributed by atoms with Crippen LogP contribution in [0.2, 0.25) is 0 Å². The molecule has 0 bridgehead atoms. The Kier molecular flexibility index (Phi) is 4.47. The number of rotatable bonds is 5. The number of aryl methyl sites for hydroxylation is 1. The van der Waals surface area contributed by atoms with Crippen molar-refractivity contribution in [3.63, 3.8) is 0 Å². The zero-order valence-electron chi connectivity index (χ0n) is 13.8. The summed E-state index contributed by atoms with van der Waals surface area (Å²) in [6, 6.07) is 4.21. The van der Waals surface area contributed by atoms with Crippen molar-refractivity contribution in [2.24, 2.45) is 0 Å². The zero-order chi connectivity index (χ0) is 15.8. The molecule has 2 rings (SSSR count). The van der Waals surface area contributed by atoms with Gasteiger partial charge in [-0.15, -0.1) is 11.3 Å². The van der Waals surface area contributed by atoms with Crippen LogP contribution in [0.5, 0.6) is 0 Å². The van der Waals surface area contributed by atoms with E-state index >= 15 is 0 Å². The van der Waals surface area contributed by atoms with Crippen LogP contribution in [-0.4, -0.2) is 35.6 Å². The van der Waals surface area contributed by atoms with Gasteiger partial charge in [0.15, 0.2) is 0 Å². The van der Waals surface area contributed by atoms with Crippen LogP contribution in [0.4, 0.5) is 0 Å². The molecule has 2 atom stereocenters. The molecular formula is C16H26N2O2S. The number of methoxy groups -OCH3 is 1. The van der Waals surface area contributed by atoms with Gasteiger partial charge >= 0.3 is 0 Å². The molecule has 2 unspecified atom stereocenters. The standard InChI is InChI=1S/C16H26N2O2S/c1-7-16(5)14(19)18(10-15(3,4)20-6)13(17-16)12-9-8-11(2)21-12/h8-9,13,17H,7,10H2,1-6H3. The van der Waals surface area contributed by atoms with Crippen LogP contribution in [0.25, 0.3) is 0 Å². The third-order valence-corrected chi connectivity index (χ3v) is 5.39. The SMILES string of the molecule is CCC1(C)NC(c2ccc(C)s2)N(CC(C)(C)OC)C1=O. The predicted octanol–water partition coefficient (Wildman–Crippen LogP) is 3.08. The van der Waals surface area contributed by atoms with Crippen molar-refractivity contribution in [3.8, 4) is 0 Å². The lowest BCUT2D eigenvalue weighted by molar-refractivity contribution is -0.136. The second-order valence-corrected chi connectivity index (χ2v) is 7.90. The van der Waals surface area contributed by atoms with Crippen LogP contribution >= 0.6 is 11.3 Å². The Balaban J connectivity index is 2.34. The number of nitrogens with one attached hydrogen (secondary N) is 1. The van der Waals surface area contributed by atoms with Crippen molar-refractivity contribution in [2.45, 2.75) is 58.3 Å². The summed E-state index contributed by atoms with van der Waals surface area (Å²) >= 11 is 1.74. The van der Waals surface area contributed by atoms with E-state index in [4.69, 9.17) is 4.74 Å². The number of hydrogen-bond donors (Lipinski definition) is 1. The van der Waals surface area contributed by atoms with Crippen molar-refractivity contribution in [1.82, 2.24) is 10.2 Å². The first-order valence-electron chi connectivity index (χ1n) is 7.43. The van der Waals surface area contributed by atoms with E-state index in [0.29, 0.717) is 6.54 Å². The van der Waals surface area contributed by atoms with Crippen molar-refractivity contribution >= 4 is 17.2 Å². The van der Waals surface area contributed by atoms with Crippen molar-refractivity contribution in [1.29, 1.82) is 0 Å². The van der Waals surface area contributed by atoms with Gasteiger partial charge in [-0.2, -0.15) is 0 Å². The Bertz CT molecular complexity index is 526. The Morgan fingerprint density at radius 3 is 2.62 bits per heavy atom. The molecule has 5 heteroatoms. The number of ether oxygens (including phenoxy) is 1. The minimum atomic E-state index is -0.494. The third-order valence-electron chi connectivity index (χ3n) is 4.34. The largest absolute Gasteiger partial charge is 0.377 e. The summed E-state index contributed by atoms with van der Waals surface area (Å²) in [5.74, 6) is 0.158. The van der Waals surface area contributed by atoms with Gasteiger partial charge in [-0.1, -0.05) is 6.92 Å². The number of carbonyl (C=O) groups excluding carboxylic acids is 1. The summed E-state index contributed by atoms with van der Waals surface area (Å²) in [7, 11) is 1.69. The molecule has 0 radical (unpaired) electrons. The highest BCUT2D eigenvalue weighted by Crippen LogP contribution is 2.36. The van der Waals surface area contributed by atoms with Gasteiger partial charge in [-0.3, -0.25) is 10.1 Å². The minimum absolute atomic E-state index is 0.0597. The van der Waals surface area contributed by atoms with Crippen molar-refractivity contribution < 1.29 is 9.53 Å². The molecule has 0 saturated carbocycles. The average molecular weight is 310 g/mol. The van der Waals surface area contributed by atoms with E-state index in [-0.39, 0.29) is 17.7 Å². The molecule has 1 aliphatic rings. The van der Waals surface area contributed by atoms with Gasteiger partial charge in [0.1, 0.15) is 6.17 Å². The summed E-state index contributed by atoms with van der Waals surface area (Å²) in [5, 5.41) is 3.52. The van der Waals surface area contributed by atoms with Gasteiger partial charge < -0.3 is 9.64 Å².